The van der Waals surface area contributed by atoms with E-state index in [0.29, 0.717) is 30.1 Å². The van der Waals surface area contributed by atoms with E-state index in [9.17, 15) is 41.7 Å². The Hall–Kier alpha value is -2.21. The largest absolute Gasteiger partial charge is 0.778 e. The predicted octanol–water partition coefficient (Wildman–Crippen LogP) is 6.67. The molecule has 22 heteroatoms. The highest BCUT2D eigenvalue weighted by Gasteiger charge is 2.39. The number of ether oxygens (including phenoxy) is 1. The van der Waals surface area contributed by atoms with E-state index in [2.05, 4.69) is 71.7 Å². The molecule has 2 aromatic carbocycles. The molecule has 0 aliphatic carbocycles. The van der Waals surface area contributed by atoms with Gasteiger partial charge in [0.1, 0.15) is 24.9 Å². The Kier molecular flexibility index (Phi) is 20.4. The smallest absolute Gasteiger partial charge is 0.434 e. The number of halogens is 8. The zero-order chi connectivity index (χ0) is 39.3. The van der Waals surface area contributed by atoms with Crippen molar-refractivity contribution in [2.45, 2.75) is 26.1 Å². The van der Waals surface area contributed by atoms with Gasteiger partial charge in [0.15, 0.2) is 5.69 Å². The van der Waals surface area contributed by atoms with Gasteiger partial charge in [-0.15, -0.1) is 0 Å². The molecule has 0 radical (unpaired) electrons. The zero-order valence-electron chi connectivity index (χ0n) is 26.9. The Labute approximate surface area is 318 Å². The molecule has 1 atom stereocenters. The molecule has 0 saturated heterocycles. The van der Waals surface area contributed by atoms with Crippen LogP contribution in [0.25, 0.3) is 11.3 Å². The summed E-state index contributed by atoms with van der Waals surface area (Å²) >= 11 is 14.9. The third-order valence-electron chi connectivity index (χ3n) is 4.87. The van der Waals surface area contributed by atoms with E-state index in [0.717, 1.165) is 19.2 Å². The van der Waals surface area contributed by atoms with Gasteiger partial charge in [0.05, 0.1) is 73.3 Å². The monoisotopic (exact) mass is 962 g/mol. The van der Waals surface area contributed by atoms with E-state index >= 15 is 0 Å². The third kappa shape index (κ3) is 17.3. The van der Waals surface area contributed by atoms with E-state index in [1.54, 1.807) is 26.0 Å². The summed E-state index contributed by atoms with van der Waals surface area (Å²) < 4.78 is 69.6. The normalized spacial score (nSPS) is 11.9. The summed E-state index contributed by atoms with van der Waals surface area (Å²) in [6.07, 6.45) is 0.732. The number of aliphatic carboxylic acids is 1. The number of nitrogens with zero attached hydrogens (tertiary/aromatic N) is 3. The van der Waals surface area contributed by atoms with Gasteiger partial charge in [-0.3, -0.25) is 14.8 Å². The first-order valence-corrected chi connectivity index (χ1v) is 20.2. The van der Waals surface area contributed by atoms with E-state index in [1.165, 1.54) is 0 Å². The van der Waals surface area contributed by atoms with Crippen molar-refractivity contribution in [2.75, 3.05) is 31.6 Å². The van der Waals surface area contributed by atoms with Crippen molar-refractivity contribution in [3.05, 3.63) is 65.3 Å². The quantitative estimate of drug-likeness (QED) is 0.0854. The van der Waals surface area contributed by atoms with Crippen LogP contribution < -0.4 is 10.2 Å². The van der Waals surface area contributed by atoms with E-state index in [1.807, 2.05) is 11.4 Å². The molecule has 0 amide bonds. The minimum Gasteiger partial charge on any atom is -0.778 e. The van der Waals surface area contributed by atoms with Crippen molar-refractivity contribution in [2.24, 2.45) is 7.05 Å². The summed E-state index contributed by atoms with van der Waals surface area (Å²) in [4.78, 5) is 39.8. The number of phenolic OH excluding ortho intramolecular Hbond substituents is 1. The molecule has 1 heterocycles. The fraction of sp³-hybridized carbons (Fsp3) is 0.357. The van der Waals surface area contributed by atoms with Gasteiger partial charge in [0.25, 0.3) is 0 Å². The number of hydrogen-bond acceptors (Lipinski definition) is 9. The number of carbonyl (C=O) groups is 2. The Morgan fingerprint density at radius 3 is 2.06 bits per heavy atom. The molecule has 3 aromatic rings. The molecule has 4 N–H and O–H groups in total. The first-order chi connectivity index (χ1) is 22.7. The van der Waals surface area contributed by atoms with Crippen molar-refractivity contribution in [3.8, 4) is 23.1 Å². The maximum absolute atomic E-state index is 14.3. The minimum atomic E-state index is -4.69. The number of carboxylic acids is 1. The molecule has 0 spiro atoms. The number of aromatic nitrogens is 2. The average Bonchev–Trinajstić information content (AvgIpc) is 3.24. The van der Waals surface area contributed by atoms with Crippen molar-refractivity contribution in [1.29, 1.82) is 5.26 Å². The average molecular weight is 966 g/mol. The second-order valence-electron chi connectivity index (χ2n) is 10.1. The van der Waals surface area contributed by atoms with Crippen LogP contribution in [0, 0.1) is 17.1 Å². The van der Waals surface area contributed by atoms with Crippen LogP contribution in [0.1, 0.15) is 35.5 Å². The number of carbonyl (C=O) groups excluding carboxylic acids is 1. The molecule has 0 saturated carbocycles. The van der Waals surface area contributed by atoms with Gasteiger partial charge in [-0.2, -0.15) is 23.5 Å². The lowest BCUT2D eigenvalue weighted by Gasteiger charge is -2.14. The summed E-state index contributed by atoms with van der Waals surface area (Å²) in [6.45, 7) is 2.75. The van der Waals surface area contributed by atoms with Crippen LogP contribution >= 0.6 is 67.0 Å². The first-order valence-electron chi connectivity index (χ1n) is 13.3. The molecule has 0 aliphatic rings. The Balaban J connectivity index is 0.000000790. The van der Waals surface area contributed by atoms with E-state index in [-0.39, 0.29) is 27.6 Å². The topological polar surface area (TPSA) is 198 Å². The van der Waals surface area contributed by atoms with E-state index < -0.39 is 60.6 Å². The Morgan fingerprint density at radius 2 is 1.68 bits per heavy atom. The summed E-state index contributed by atoms with van der Waals surface area (Å²) in [5.74, 6) is -2.79. The Morgan fingerprint density at radius 1 is 1.18 bits per heavy atom. The number of carboxylic acid groups (broad SMARTS) is 1. The molecule has 3 rings (SSSR count). The number of phenols is 1. The highest BCUT2D eigenvalue weighted by Crippen LogP contribution is 2.41. The molecule has 0 aliphatic heterocycles. The molecular formula is C28H31Br3ClF4N4O8PS. The van der Waals surface area contributed by atoms with Crippen LogP contribution in [0.15, 0.2) is 37.7 Å². The zero-order valence-corrected chi connectivity index (χ0v) is 34.1. The number of aryl methyl sites for hydroxylation is 1. The number of alkyl halides is 3. The third-order valence-corrected chi connectivity index (χ3v) is 7.76. The summed E-state index contributed by atoms with van der Waals surface area (Å²) in [6, 6.07) is 6.93. The first kappa shape index (κ1) is 47.8. The molecule has 1 aromatic heterocycles. The maximum Gasteiger partial charge on any atom is 0.434 e. The minimum absolute atomic E-state index is 0.115. The van der Waals surface area contributed by atoms with Crippen LogP contribution in [-0.2, 0) is 38.2 Å². The predicted molar refractivity (Wildman–Crippen MR) is 191 cm³/mol. The lowest BCUT2D eigenvalue weighted by Crippen LogP contribution is -2.25. The standard InChI is InChI=1S/C15H12BrClF4N2O2.C7H3Br2NO.C3H8NO5P.C3H9S/c1-6(2)25-14(24)7-4-8(10(18)5-9(7)17)12-11(16)13(15(19,20)21)23(3)22-12;8-5-1-4(3-10)2-6(9)7(5)11;5-3(6)1-4-2-10(7,8)9;1-4(2)3/h4-6H,1-3H3;1-2,11H;4H,1-2H2,(H,5,6)(H2,7,8,9);1-3H3/q;;;+1/p-1. The highest BCUT2D eigenvalue weighted by molar-refractivity contribution is 9.11. The summed E-state index contributed by atoms with van der Waals surface area (Å²) in [7, 11) is -2.63. The number of hydrogen-bond donors (Lipinski definition) is 4. The van der Waals surface area contributed by atoms with Crippen molar-refractivity contribution >= 4 is 89.8 Å². The van der Waals surface area contributed by atoms with Crippen molar-refractivity contribution in [3.63, 3.8) is 0 Å². The van der Waals surface area contributed by atoms with Gasteiger partial charge in [-0.05, 0) is 96.8 Å². The van der Waals surface area contributed by atoms with Gasteiger partial charge >= 0.3 is 18.1 Å². The van der Waals surface area contributed by atoms with Crippen LogP contribution in [0.3, 0.4) is 0 Å². The Bertz CT molecular complexity index is 1710. The molecule has 0 fully saturated rings. The van der Waals surface area contributed by atoms with Crippen LogP contribution in [-0.4, -0.2) is 74.5 Å². The summed E-state index contributed by atoms with van der Waals surface area (Å²) in [5, 5.41) is 31.2. The van der Waals surface area contributed by atoms with Gasteiger partial charge in [0.2, 0.25) is 0 Å². The molecule has 278 valence electrons. The number of nitriles is 1. The van der Waals surface area contributed by atoms with Gasteiger partial charge in [-0.25, -0.2) is 9.18 Å². The lowest BCUT2D eigenvalue weighted by atomic mass is 10.1. The number of aromatic hydroxyl groups is 1. The lowest BCUT2D eigenvalue weighted by molar-refractivity contribution is -0.193. The van der Waals surface area contributed by atoms with Crippen molar-refractivity contribution in [1.82, 2.24) is 15.1 Å². The molecule has 50 heavy (non-hydrogen) atoms. The number of rotatable bonds is 7. The molecule has 1 unspecified atom stereocenters. The van der Waals surface area contributed by atoms with Crippen LogP contribution in [0.5, 0.6) is 5.75 Å². The van der Waals surface area contributed by atoms with Gasteiger partial charge in [0, 0.05) is 12.6 Å². The van der Waals surface area contributed by atoms with Crippen molar-refractivity contribution < 1.29 is 56.5 Å². The fourth-order valence-corrected chi connectivity index (χ4v) is 5.66. The number of benzene rings is 2. The van der Waals surface area contributed by atoms with Gasteiger partial charge in [-0.1, -0.05) is 11.6 Å². The second kappa shape index (κ2) is 21.3. The second-order valence-corrected chi connectivity index (χ2v) is 17.1. The highest BCUT2D eigenvalue weighted by atomic mass is 79.9. The SMILES string of the molecule is CC(C)OC(=O)c1cc(-c2nn(C)c(C(F)(F)F)c2Br)c(F)cc1Cl.C[S+](C)C.N#Cc1cc(Br)c(O)c(Br)c1.O=C(O)CNCP(=O)([O-])O. The molecule has 0 bridgehead atoms. The number of esters is 1. The fourth-order valence-electron chi connectivity index (χ4n) is 3.08. The maximum atomic E-state index is 14.3. The molecular weight excluding hydrogens is 935 g/mol. The van der Waals surface area contributed by atoms with Crippen LogP contribution in [0.2, 0.25) is 5.02 Å². The van der Waals surface area contributed by atoms with E-state index in [4.69, 9.17) is 31.6 Å². The van der Waals surface area contributed by atoms with Crippen LogP contribution in [0.4, 0.5) is 17.6 Å². The van der Waals surface area contributed by atoms with Gasteiger partial charge < -0.3 is 29.3 Å². The summed E-state index contributed by atoms with van der Waals surface area (Å²) in [5.41, 5.74) is -1.36. The number of nitrogens with one attached hydrogen (secondary N) is 1. The molecule has 12 nitrogen and oxygen atoms in total.